The Labute approximate surface area is 202 Å². The Morgan fingerprint density at radius 2 is 1.79 bits per heavy atom. The molecule has 178 valence electrons. The molecule has 0 bridgehead atoms. The van der Waals surface area contributed by atoms with Crippen LogP contribution in [0.15, 0.2) is 54.6 Å². The van der Waals surface area contributed by atoms with Gasteiger partial charge in [0.1, 0.15) is 12.1 Å². The van der Waals surface area contributed by atoms with Gasteiger partial charge in [0, 0.05) is 13.3 Å². The van der Waals surface area contributed by atoms with E-state index >= 15 is 0 Å². The van der Waals surface area contributed by atoms with Crippen LogP contribution >= 0.6 is 11.8 Å². The predicted molar refractivity (Wildman–Crippen MR) is 129 cm³/mol. The molecule has 0 aromatic heterocycles. The molecule has 0 radical (unpaired) electrons. The maximum absolute atomic E-state index is 13.7. The summed E-state index contributed by atoms with van der Waals surface area (Å²) in [4.78, 5) is 52.4. The van der Waals surface area contributed by atoms with Crippen molar-refractivity contribution in [2.45, 2.75) is 62.4 Å². The van der Waals surface area contributed by atoms with E-state index in [4.69, 9.17) is 0 Å². The molecule has 2 aromatic carbocycles. The summed E-state index contributed by atoms with van der Waals surface area (Å²) in [6.45, 7) is 1.42. The smallest absolute Gasteiger partial charge is 0.326 e. The number of amides is 2. The summed E-state index contributed by atoms with van der Waals surface area (Å²) in [5.74, 6) is -1.81. The number of nitrogens with one attached hydrogen (secondary N) is 1. The molecule has 1 saturated heterocycles. The van der Waals surface area contributed by atoms with E-state index < -0.39 is 29.2 Å². The van der Waals surface area contributed by atoms with Gasteiger partial charge in [-0.15, -0.1) is 0 Å². The maximum Gasteiger partial charge on any atom is 0.326 e. The number of nitrogens with zero attached hydrogens (tertiary/aromatic N) is 1. The first kappa shape index (κ1) is 24.0. The van der Waals surface area contributed by atoms with E-state index in [2.05, 4.69) is 5.32 Å². The van der Waals surface area contributed by atoms with E-state index in [0.29, 0.717) is 25.7 Å². The van der Waals surface area contributed by atoms with Gasteiger partial charge in [0.25, 0.3) is 0 Å². The lowest BCUT2D eigenvalue weighted by atomic mass is 9.89. The third-order valence-electron chi connectivity index (χ3n) is 6.48. The summed E-state index contributed by atoms with van der Waals surface area (Å²) in [5.41, 5.74) is 2.78. The first-order chi connectivity index (χ1) is 16.3. The van der Waals surface area contributed by atoms with Gasteiger partial charge in [-0.25, -0.2) is 4.79 Å². The molecule has 1 fully saturated rings. The summed E-state index contributed by atoms with van der Waals surface area (Å²) in [7, 11) is 0. The molecule has 2 aromatic rings. The zero-order valence-electron chi connectivity index (χ0n) is 19.0. The number of rotatable bonds is 6. The van der Waals surface area contributed by atoms with Crippen molar-refractivity contribution in [2.24, 2.45) is 0 Å². The molecule has 8 heteroatoms. The standard InChI is InChI=1S/C26H28N2O5S/c1-16(29)34-23(14-17-8-3-2-4-9-17)24(30)27-20-15-18-10-5-6-11-19(18)21-12-7-13-22(26(32)33)28(21)25(20)31/h2-6,8-11,20-23H,7,12-15H2,1H3,(H,27,30)(H,32,33)/t20-,21?,22-,23-/m0/s1. The van der Waals surface area contributed by atoms with Crippen molar-refractivity contribution in [3.05, 3.63) is 71.3 Å². The minimum Gasteiger partial charge on any atom is -0.480 e. The van der Waals surface area contributed by atoms with Gasteiger partial charge in [-0.1, -0.05) is 66.4 Å². The van der Waals surface area contributed by atoms with Crippen molar-refractivity contribution >= 4 is 34.7 Å². The summed E-state index contributed by atoms with van der Waals surface area (Å²) in [6.07, 6.45) is 2.41. The van der Waals surface area contributed by atoms with Crippen LogP contribution in [0.3, 0.4) is 0 Å². The molecular weight excluding hydrogens is 452 g/mol. The quantitative estimate of drug-likeness (QED) is 0.659. The molecule has 2 N–H and O–H groups in total. The highest BCUT2D eigenvalue weighted by Crippen LogP contribution is 2.39. The number of hydrogen-bond donors (Lipinski definition) is 2. The van der Waals surface area contributed by atoms with Gasteiger partial charge in [0.05, 0.1) is 11.3 Å². The Bertz CT molecular complexity index is 1090. The normalized spacial score (nSPS) is 22.7. The molecule has 7 nitrogen and oxygen atoms in total. The lowest BCUT2D eigenvalue weighted by Crippen LogP contribution is -2.56. The van der Waals surface area contributed by atoms with E-state index in [0.717, 1.165) is 28.5 Å². The van der Waals surface area contributed by atoms with Crippen molar-refractivity contribution < 1.29 is 24.3 Å². The van der Waals surface area contributed by atoms with Crippen LogP contribution in [0.4, 0.5) is 0 Å². The van der Waals surface area contributed by atoms with Crippen LogP contribution in [-0.4, -0.2) is 50.2 Å². The minimum absolute atomic E-state index is 0.185. The number of carbonyl (C=O) groups excluding carboxylic acids is 3. The van der Waals surface area contributed by atoms with Gasteiger partial charge in [0.2, 0.25) is 11.8 Å². The fourth-order valence-electron chi connectivity index (χ4n) is 4.98. The van der Waals surface area contributed by atoms with Gasteiger partial charge < -0.3 is 15.3 Å². The van der Waals surface area contributed by atoms with E-state index in [-0.39, 0.29) is 23.5 Å². The van der Waals surface area contributed by atoms with Gasteiger partial charge in [-0.2, -0.15) is 0 Å². The highest BCUT2D eigenvalue weighted by molar-refractivity contribution is 8.14. The molecule has 2 aliphatic rings. The monoisotopic (exact) mass is 480 g/mol. The van der Waals surface area contributed by atoms with E-state index in [1.807, 2.05) is 54.6 Å². The first-order valence-corrected chi connectivity index (χ1v) is 12.4. The van der Waals surface area contributed by atoms with Crippen molar-refractivity contribution in [3.63, 3.8) is 0 Å². The second kappa shape index (κ2) is 10.4. The Hall–Kier alpha value is -3.13. The second-order valence-electron chi connectivity index (χ2n) is 8.80. The van der Waals surface area contributed by atoms with Crippen LogP contribution in [0, 0.1) is 0 Å². The summed E-state index contributed by atoms with van der Waals surface area (Å²) in [5, 5.41) is 11.8. The second-order valence-corrected chi connectivity index (χ2v) is 10.2. The van der Waals surface area contributed by atoms with Gasteiger partial charge in [0.15, 0.2) is 5.12 Å². The molecular formula is C26H28N2O5S. The highest BCUT2D eigenvalue weighted by atomic mass is 32.2. The fraction of sp³-hybridized carbons (Fsp3) is 0.385. The SMILES string of the molecule is CC(=O)S[C@@H](Cc1ccccc1)C(=O)N[C@H]1Cc2ccccc2C2CCC[C@@H](C(=O)O)N2C1=O. The highest BCUT2D eigenvalue weighted by Gasteiger charge is 2.44. The van der Waals surface area contributed by atoms with E-state index in [1.165, 1.54) is 11.8 Å². The van der Waals surface area contributed by atoms with Crippen molar-refractivity contribution in [1.29, 1.82) is 0 Å². The Kier molecular flexibility index (Phi) is 7.36. The largest absolute Gasteiger partial charge is 0.480 e. The number of aliphatic carboxylic acids is 1. The number of fused-ring (bicyclic) bond motifs is 3. The number of carboxylic acids is 1. The third kappa shape index (κ3) is 5.17. The molecule has 2 amide bonds. The molecule has 1 unspecified atom stereocenters. The van der Waals surface area contributed by atoms with Gasteiger partial charge in [-0.05, 0) is 42.4 Å². The summed E-state index contributed by atoms with van der Waals surface area (Å²) >= 11 is 0.941. The molecule has 0 saturated carbocycles. The Morgan fingerprint density at radius 3 is 2.50 bits per heavy atom. The number of benzene rings is 2. The average Bonchev–Trinajstić information content (AvgIpc) is 2.94. The maximum atomic E-state index is 13.7. The Balaban J connectivity index is 1.63. The molecule has 0 aliphatic carbocycles. The number of thioether (sulfide) groups is 1. The zero-order chi connectivity index (χ0) is 24.2. The van der Waals surface area contributed by atoms with Gasteiger partial charge >= 0.3 is 5.97 Å². The number of piperidine rings is 1. The van der Waals surface area contributed by atoms with Crippen molar-refractivity contribution in [2.75, 3.05) is 0 Å². The minimum atomic E-state index is -1.03. The van der Waals surface area contributed by atoms with Crippen LogP contribution in [0.5, 0.6) is 0 Å². The van der Waals surface area contributed by atoms with E-state index in [1.54, 1.807) is 0 Å². The molecule has 34 heavy (non-hydrogen) atoms. The number of carbonyl (C=O) groups is 4. The summed E-state index contributed by atoms with van der Waals surface area (Å²) in [6, 6.07) is 14.9. The van der Waals surface area contributed by atoms with Crippen LogP contribution in [0.1, 0.15) is 48.9 Å². The molecule has 0 spiro atoms. The van der Waals surface area contributed by atoms with Crippen molar-refractivity contribution in [1.82, 2.24) is 10.2 Å². The first-order valence-electron chi connectivity index (χ1n) is 11.5. The predicted octanol–water partition coefficient (Wildman–Crippen LogP) is 3.13. The molecule has 4 atom stereocenters. The fourth-order valence-corrected chi connectivity index (χ4v) is 5.83. The van der Waals surface area contributed by atoms with Gasteiger partial charge in [-0.3, -0.25) is 14.4 Å². The average molecular weight is 481 g/mol. The molecule has 2 heterocycles. The third-order valence-corrected chi connectivity index (χ3v) is 7.48. The van der Waals surface area contributed by atoms with Crippen molar-refractivity contribution in [3.8, 4) is 0 Å². The number of hydrogen-bond acceptors (Lipinski definition) is 5. The molecule has 2 aliphatic heterocycles. The molecule has 4 rings (SSSR count). The lowest BCUT2D eigenvalue weighted by Gasteiger charge is -2.40. The number of carboxylic acid groups (broad SMARTS) is 1. The topological polar surface area (TPSA) is 104 Å². The van der Waals surface area contributed by atoms with Crippen LogP contribution in [0.2, 0.25) is 0 Å². The Morgan fingerprint density at radius 1 is 1.09 bits per heavy atom. The van der Waals surface area contributed by atoms with Crippen LogP contribution in [-0.2, 0) is 32.0 Å². The van der Waals surface area contributed by atoms with Crippen LogP contribution in [0.25, 0.3) is 0 Å². The lowest BCUT2D eigenvalue weighted by molar-refractivity contribution is -0.156. The van der Waals surface area contributed by atoms with Crippen LogP contribution < -0.4 is 5.32 Å². The zero-order valence-corrected chi connectivity index (χ0v) is 19.8. The van der Waals surface area contributed by atoms with E-state index in [9.17, 15) is 24.3 Å². The summed E-state index contributed by atoms with van der Waals surface area (Å²) < 4.78 is 0.